The number of benzene rings is 6. The van der Waals surface area contributed by atoms with Crippen LogP contribution in [0.25, 0.3) is 28.1 Å². The zero-order valence-corrected chi connectivity index (χ0v) is 62.8. The van der Waals surface area contributed by atoms with Crippen LogP contribution in [0.4, 0.5) is 16.2 Å². The molecule has 7 aromatic rings. The minimum Gasteiger partial charge on any atom is -0.497 e. The molecule has 5 atom stereocenters. The molecule has 6 heterocycles. The van der Waals surface area contributed by atoms with E-state index in [1.54, 1.807) is 68.0 Å². The highest BCUT2D eigenvalue weighted by atomic mass is 16.6. The Morgan fingerprint density at radius 1 is 0.688 bits per heavy atom. The molecule has 6 aromatic carbocycles. The zero-order chi connectivity index (χ0) is 76.9. The largest absolute Gasteiger partial charge is 0.497 e. The maximum absolute atomic E-state index is 14.6. The third-order valence-corrected chi connectivity index (χ3v) is 21.8. The Kier molecular flexibility index (Phi) is 22.8. The molecule has 6 aliphatic rings. The van der Waals surface area contributed by atoms with Crippen molar-refractivity contribution in [3.8, 4) is 51.3 Å². The molecule has 3 N–H and O–H groups in total. The number of carbonyl (C=O) groups excluding carboxylic acids is 9. The molecule has 1 unspecified atom stereocenters. The van der Waals surface area contributed by atoms with Crippen LogP contribution in [0.5, 0.6) is 28.7 Å². The molecule has 6 amide bonds. The molecule has 570 valence electrons. The van der Waals surface area contributed by atoms with Gasteiger partial charge in [-0.25, -0.2) is 14.4 Å². The first-order valence-electron chi connectivity index (χ1n) is 37.5. The van der Waals surface area contributed by atoms with Crippen LogP contribution >= 0.6 is 0 Å². The van der Waals surface area contributed by atoms with Gasteiger partial charge in [-0.2, -0.15) is 0 Å². The summed E-state index contributed by atoms with van der Waals surface area (Å²) in [5.41, 5.74) is 9.45. The van der Waals surface area contributed by atoms with Gasteiger partial charge in [-0.15, -0.1) is 5.10 Å². The van der Waals surface area contributed by atoms with Crippen molar-refractivity contribution in [1.29, 1.82) is 0 Å². The van der Waals surface area contributed by atoms with Crippen molar-refractivity contribution in [3.05, 3.63) is 166 Å². The first-order valence-corrected chi connectivity index (χ1v) is 37.5. The molecule has 5 aliphatic heterocycles. The molecule has 13 rings (SSSR count). The van der Waals surface area contributed by atoms with Gasteiger partial charge in [0.1, 0.15) is 23.8 Å². The smallest absolute Gasteiger partial charge is 0.416 e. The van der Waals surface area contributed by atoms with E-state index in [0.717, 1.165) is 81.1 Å². The van der Waals surface area contributed by atoms with E-state index < -0.39 is 47.9 Å². The van der Waals surface area contributed by atoms with Crippen molar-refractivity contribution in [3.63, 3.8) is 0 Å². The number of aliphatic hydroxyl groups is 1. The van der Waals surface area contributed by atoms with E-state index >= 15 is 0 Å². The molecule has 2 fully saturated rings. The summed E-state index contributed by atoms with van der Waals surface area (Å²) in [6.45, 7) is 9.55. The Hall–Kier alpha value is -11.2. The van der Waals surface area contributed by atoms with Gasteiger partial charge in [0.25, 0.3) is 11.8 Å². The number of ether oxygens (including phenoxy) is 6. The lowest BCUT2D eigenvalue weighted by Gasteiger charge is -2.31. The number of aromatic nitrogens is 3. The van der Waals surface area contributed by atoms with Gasteiger partial charge in [-0.05, 0) is 140 Å². The van der Waals surface area contributed by atoms with Gasteiger partial charge in [-0.1, -0.05) is 97.9 Å². The van der Waals surface area contributed by atoms with Crippen molar-refractivity contribution in [2.75, 3.05) is 57.4 Å². The van der Waals surface area contributed by atoms with E-state index in [0.29, 0.717) is 59.7 Å². The molecular weight excluding hydrogens is 1390 g/mol. The summed E-state index contributed by atoms with van der Waals surface area (Å²) in [4.78, 5) is 130. The maximum Gasteiger partial charge on any atom is 0.416 e. The summed E-state index contributed by atoms with van der Waals surface area (Å²) in [5.74, 6) is -1.82. The second kappa shape index (κ2) is 32.7. The molecule has 25 heteroatoms. The topological polar surface area (TPSA) is 297 Å². The van der Waals surface area contributed by atoms with Crippen LogP contribution in [0.1, 0.15) is 160 Å². The van der Waals surface area contributed by atoms with E-state index in [9.17, 15) is 48.3 Å². The minimum absolute atomic E-state index is 0.00454. The highest BCUT2D eigenvalue weighted by Crippen LogP contribution is 2.57. The quantitative estimate of drug-likeness (QED) is 0.0367. The Morgan fingerprint density at radius 3 is 2.10 bits per heavy atom. The fourth-order valence-electron chi connectivity index (χ4n) is 15.4. The molecule has 1 saturated heterocycles. The third-order valence-electron chi connectivity index (χ3n) is 21.8. The number of methoxy groups -OCH3 is 3. The van der Waals surface area contributed by atoms with E-state index in [1.807, 2.05) is 108 Å². The Balaban J connectivity index is 0.570. The number of Topliss-reactive ketones (excluding diaryl/α,β-unsaturated/α-hetero) is 3. The molecule has 109 heavy (non-hydrogen) atoms. The lowest BCUT2D eigenvalue weighted by atomic mass is 9.89. The molecular formula is C84H93N9O16. The standard InChI is InChI=1S/C84H93N9O16/c1-49(2)64(39-60(95)44-85-75(97)29-27-59(94)28-30-76(98)90-45-56-15-9-10-18-62(56)77-78(93(50(3)4)88-87-77)63-19-11-12-20-67(63)90)79(99)86-51(5)70(96)35-52-21-23-53(24-22-52)47-109-83(103)92-68-42-74(72(106-8)41-66(68)81(101)91-48-84(31-32-84)43-69(91)82(92)102)108-34-14-33-107-73-38-55-25-26-58-36-57(54-16-13-17-61(37-54)104-6)46-89(58)80(100)65(55)40-71(73)105-7/h9-13,15-24,37-38,40-42,46,49-51,58,64,69,82,102H,14,25-36,39,43-45,47-48H2,1-8H3,(H,85,97)(H,86,99)/t51-,58+,64-,69-,82?/m0/s1. The number of aryl methyl sites for hydroxylation is 1. The lowest BCUT2D eigenvalue weighted by molar-refractivity contribution is -0.133. The SMILES string of the molecule is COc1cccc(C2=CN3C(=O)c4cc(OC)c(OCCCOc5cc6c(cc5OC)C(=O)N5CC7(CC7)C[C@H]5C(O)N6C(=O)OCc5ccc(CC(=O)[C@H](C)NC(=O)[C@@H](CC(=O)CNC(=O)CCC(=O)CCC(=O)N6Cc7ccccc7-c7nnn(C(C)C)c7-c7ccccc76)C(C)C)cc5)cc4CC[C@@H]3C2)c1. The van der Waals surface area contributed by atoms with E-state index in [1.165, 1.54) is 26.4 Å². The van der Waals surface area contributed by atoms with Gasteiger partial charge in [0.15, 0.2) is 40.8 Å². The van der Waals surface area contributed by atoms with E-state index in [4.69, 9.17) is 28.4 Å². The molecule has 25 nitrogen and oxygen atoms in total. The summed E-state index contributed by atoms with van der Waals surface area (Å²) >= 11 is 0. The average Bonchev–Trinajstić information content (AvgIpc) is 1.56. The van der Waals surface area contributed by atoms with Gasteiger partial charge in [0.05, 0.1) is 82.3 Å². The number of hydrogen-bond donors (Lipinski definition) is 3. The number of carbonyl (C=O) groups is 9. The molecule has 1 saturated carbocycles. The van der Waals surface area contributed by atoms with E-state index in [-0.39, 0.29) is 147 Å². The number of nitrogens with zero attached hydrogens (tertiary/aromatic N) is 7. The van der Waals surface area contributed by atoms with Crippen molar-refractivity contribution in [2.24, 2.45) is 17.3 Å². The highest BCUT2D eigenvalue weighted by molar-refractivity contribution is 6.07. The van der Waals surface area contributed by atoms with Crippen molar-refractivity contribution >= 4 is 69.9 Å². The number of hydrogen-bond acceptors (Lipinski definition) is 18. The van der Waals surface area contributed by atoms with Crippen LogP contribution in [-0.4, -0.2) is 155 Å². The summed E-state index contributed by atoms with van der Waals surface area (Å²) in [6, 6.07) is 34.9. The second-order valence-electron chi connectivity index (χ2n) is 29.8. The monoisotopic (exact) mass is 1480 g/mol. The Morgan fingerprint density at radius 2 is 1.39 bits per heavy atom. The Bertz CT molecular complexity index is 4710. The third kappa shape index (κ3) is 16.5. The predicted octanol–water partition coefficient (Wildman–Crippen LogP) is 11.4. The van der Waals surface area contributed by atoms with Crippen LogP contribution in [0.15, 0.2) is 128 Å². The van der Waals surface area contributed by atoms with Crippen LogP contribution in [0, 0.1) is 17.3 Å². The molecule has 1 spiro atoms. The average molecular weight is 1480 g/mol. The fraction of sp³-hybridized carbons (Fsp3) is 0.417. The van der Waals surface area contributed by atoms with Crippen LogP contribution in [0.2, 0.25) is 0 Å². The van der Waals surface area contributed by atoms with Gasteiger partial charge in [0, 0.05) is 98.4 Å². The van der Waals surface area contributed by atoms with Gasteiger partial charge in [0.2, 0.25) is 17.7 Å². The lowest BCUT2D eigenvalue weighted by Crippen LogP contribution is -2.50. The fourth-order valence-corrected chi connectivity index (χ4v) is 15.4. The maximum atomic E-state index is 14.6. The molecule has 0 radical (unpaired) electrons. The molecule has 1 aliphatic carbocycles. The van der Waals surface area contributed by atoms with Gasteiger partial charge < -0.3 is 58.9 Å². The summed E-state index contributed by atoms with van der Waals surface area (Å²) in [5, 5.41) is 26.6. The van der Waals surface area contributed by atoms with Gasteiger partial charge in [-0.3, -0.25) is 38.4 Å². The van der Waals surface area contributed by atoms with Crippen LogP contribution in [-0.2, 0) is 59.5 Å². The highest BCUT2D eigenvalue weighted by Gasteiger charge is 2.58. The second-order valence-corrected chi connectivity index (χ2v) is 29.8. The van der Waals surface area contributed by atoms with Crippen LogP contribution in [0.3, 0.4) is 0 Å². The first kappa shape index (κ1) is 76.0. The number of nitrogens with one attached hydrogen (secondary N) is 2. The number of amides is 6. The Labute approximate surface area is 633 Å². The molecule has 1 aromatic heterocycles. The molecule has 0 bridgehead atoms. The zero-order valence-electron chi connectivity index (χ0n) is 62.8. The van der Waals surface area contributed by atoms with E-state index in [2.05, 4.69) is 20.9 Å². The first-order chi connectivity index (χ1) is 52.5. The summed E-state index contributed by atoms with van der Waals surface area (Å²) in [7, 11) is 4.62. The number of fused-ring (bicyclic) bond motifs is 9. The van der Waals surface area contributed by atoms with Crippen LogP contribution < -0.4 is 44.1 Å². The number of para-hydroxylation sites is 1. The normalized spacial score (nSPS) is 17.7. The minimum atomic E-state index is -1.48. The van der Waals surface area contributed by atoms with Crippen molar-refractivity contribution in [2.45, 2.75) is 162 Å². The number of rotatable bonds is 29. The number of anilines is 2. The van der Waals surface area contributed by atoms with Gasteiger partial charge >= 0.3 is 6.09 Å². The number of aliphatic hydroxyl groups excluding tert-OH is 1. The summed E-state index contributed by atoms with van der Waals surface area (Å²) < 4.78 is 37.4. The number of ketones is 3. The van der Waals surface area contributed by atoms with Crippen molar-refractivity contribution in [1.82, 2.24) is 35.4 Å². The predicted molar refractivity (Wildman–Crippen MR) is 405 cm³/mol. The summed E-state index contributed by atoms with van der Waals surface area (Å²) in [6.07, 6.45) is 3.54. The van der Waals surface area contributed by atoms with Crippen molar-refractivity contribution < 1.29 is 76.7 Å².